The van der Waals surface area contributed by atoms with E-state index in [-0.39, 0.29) is 11.5 Å². The van der Waals surface area contributed by atoms with Gasteiger partial charge in [-0.1, -0.05) is 42.5 Å². The number of aliphatic imine (C=N–C) groups is 1. The Labute approximate surface area is 196 Å². The van der Waals surface area contributed by atoms with Gasteiger partial charge in [-0.25, -0.2) is 9.79 Å². The Hall–Kier alpha value is -3.84. The van der Waals surface area contributed by atoms with E-state index in [0.29, 0.717) is 28.9 Å². The molecule has 0 bridgehead atoms. The topological polar surface area (TPSA) is 79.2 Å². The summed E-state index contributed by atoms with van der Waals surface area (Å²) in [5.41, 5.74) is 2.77. The van der Waals surface area contributed by atoms with E-state index in [1.807, 2.05) is 67.6 Å². The normalized spacial score (nSPS) is 15.9. The highest BCUT2D eigenvalue weighted by atomic mass is 32.2. The molecule has 0 spiro atoms. The van der Waals surface area contributed by atoms with Crippen molar-refractivity contribution in [2.75, 3.05) is 6.54 Å². The first-order valence-electron chi connectivity index (χ1n) is 10.4. The molecule has 0 aromatic heterocycles. The average molecular weight is 459 g/mol. The quantitative estimate of drug-likeness (QED) is 0.467. The molecule has 3 aromatic rings. The Morgan fingerprint density at radius 3 is 2.36 bits per heavy atom. The smallest absolute Gasteiger partial charge is 0.335 e. The fourth-order valence-corrected chi connectivity index (χ4v) is 4.27. The molecule has 1 fully saturated rings. The molecule has 1 N–H and O–H groups in total. The molecule has 4 rings (SSSR count). The number of carbonyl (C=O) groups is 2. The molecule has 0 saturated carbocycles. The van der Waals surface area contributed by atoms with E-state index in [1.54, 1.807) is 17.0 Å². The van der Waals surface area contributed by atoms with Gasteiger partial charge in [-0.05, 0) is 72.3 Å². The number of nitrogens with zero attached hydrogens (tertiary/aromatic N) is 2. The number of hydrogen-bond donors (Lipinski definition) is 1. The van der Waals surface area contributed by atoms with Crippen molar-refractivity contribution < 1.29 is 19.4 Å². The third kappa shape index (κ3) is 5.51. The number of carboxylic acids is 1. The summed E-state index contributed by atoms with van der Waals surface area (Å²) in [6.45, 7) is 2.87. The zero-order valence-electron chi connectivity index (χ0n) is 18.0. The van der Waals surface area contributed by atoms with Crippen LogP contribution in [0.25, 0.3) is 6.08 Å². The van der Waals surface area contributed by atoms with E-state index in [4.69, 9.17) is 9.84 Å². The standard InChI is InChI=1S/C26H22N2O4S/c1-2-28-24(29)23(33-26(28)27-21-12-10-20(11-13-21)25(30)31)16-18-8-14-22(15-9-18)32-17-19-6-4-3-5-7-19/h3-16H,2,17H2,1H3,(H,30,31). The summed E-state index contributed by atoms with van der Waals surface area (Å²) in [5, 5.41) is 9.61. The number of amides is 1. The van der Waals surface area contributed by atoms with Crippen LogP contribution in [0.1, 0.15) is 28.4 Å². The largest absolute Gasteiger partial charge is 0.489 e. The van der Waals surface area contributed by atoms with Crippen LogP contribution in [0.15, 0.2) is 88.8 Å². The Balaban J connectivity index is 1.47. The first kappa shape index (κ1) is 22.4. The van der Waals surface area contributed by atoms with Gasteiger partial charge in [0.2, 0.25) is 0 Å². The molecule has 1 heterocycles. The Morgan fingerprint density at radius 2 is 1.73 bits per heavy atom. The van der Waals surface area contributed by atoms with Gasteiger partial charge in [-0.15, -0.1) is 0 Å². The summed E-state index contributed by atoms with van der Waals surface area (Å²) in [7, 11) is 0. The number of carboxylic acid groups (broad SMARTS) is 1. The van der Waals surface area contributed by atoms with Crippen LogP contribution in [-0.4, -0.2) is 33.6 Å². The van der Waals surface area contributed by atoms with Crippen LogP contribution in [0.2, 0.25) is 0 Å². The molecule has 1 aliphatic rings. The molecular formula is C26H22N2O4S. The first-order chi connectivity index (χ1) is 16.0. The number of carbonyl (C=O) groups excluding carboxylic acids is 1. The van der Waals surface area contributed by atoms with E-state index in [0.717, 1.165) is 16.9 Å². The van der Waals surface area contributed by atoms with Crippen LogP contribution in [0.3, 0.4) is 0 Å². The van der Waals surface area contributed by atoms with E-state index in [9.17, 15) is 9.59 Å². The van der Waals surface area contributed by atoms with Crippen molar-refractivity contribution >= 4 is 40.6 Å². The fraction of sp³-hybridized carbons (Fsp3) is 0.115. The number of rotatable bonds is 7. The Bertz CT molecular complexity index is 1200. The van der Waals surface area contributed by atoms with Crippen LogP contribution in [0.5, 0.6) is 5.75 Å². The maximum absolute atomic E-state index is 12.9. The lowest BCUT2D eigenvalue weighted by Gasteiger charge is -2.12. The lowest BCUT2D eigenvalue weighted by atomic mass is 10.2. The molecule has 6 nitrogen and oxygen atoms in total. The summed E-state index contributed by atoms with van der Waals surface area (Å²) >= 11 is 1.30. The highest BCUT2D eigenvalue weighted by Gasteiger charge is 2.32. The molecular weight excluding hydrogens is 436 g/mol. The number of thioether (sulfide) groups is 1. The van der Waals surface area contributed by atoms with Gasteiger partial charge < -0.3 is 9.84 Å². The summed E-state index contributed by atoms with van der Waals surface area (Å²) in [4.78, 5) is 30.6. The van der Waals surface area contributed by atoms with Crippen LogP contribution < -0.4 is 4.74 Å². The molecule has 166 valence electrons. The van der Waals surface area contributed by atoms with Gasteiger partial charge in [0.1, 0.15) is 12.4 Å². The first-order valence-corrected chi connectivity index (χ1v) is 11.3. The van der Waals surface area contributed by atoms with Crippen molar-refractivity contribution in [3.8, 4) is 5.75 Å². The van der Waals surface area contributed by atoms with Crippen molar-refractivity contribution in [3.63, 3.8) is 0 Å². The third-order valence-corrected chi connectivity index (χ3v) is 5.98. The summed E-state index contributed by atoms with van der Waals surface area (Å²) in [6, 6.07) is 23.8. The van der Waals surface area contributed by atoms with Gasteiger partial charge >= 0.3 is 5.97 Å². The van der Waals surface area contributed by atoms with E-state index >= 15 is 0 Å². The minimum atomic E-state index is -0.989. The Kier molecular flexibility index (Phi) is 6.90. The highest BCUT2D eigenvalue weighted by Crippen LogP contribution is 2.34. The molecule has 1 saturated heterocycles. The second-order valence-corrected chi connectivity index (χ2v) is 8.26. The predicted molar refractivity (Wildman–Crippen MR) is 131 cm³/mol. The number of hydrogen-bond acceptors (Lipinski definition) is 5. The second kappa shape index (κ2) is 10.2. The van der Waals surface area contributed by atoms with Crippen LogP contribution in [0.4, 0.5) is 5.69 Å². The maximum atomic E-state index is 12.9. The zero-order chi connectivity index (χ0) is 23.2. The lowest BCUT2D eigenvalue weighted by Crippen LogP contribution is -2.28. The van der Waals surface area contributed by atoms with Crippen molar-refractivity contribution in [2.45, 2.75) is 13.5 Å². The molecule has 0 aliphatic carbocycles. The minimum absolute atomic E-state index is 0.104. The highest BCUT2D eigenvalue weighted by molar-refractivity contribution is 8.18. The number of benzene rings is 3. The van der Waals surface area contributed by atoms with Gasteiger partial charge in [0, 0.05) is 6.54 Å². The van der Waals surface area contributed by atoms with Crippen molar-refractivity contribution in [3.05, 3.63) is 100 Å². The predicted octanol–water partition coefficient (Wildman–Crippen LogP) is 5.59. The van der Waals surface area contributed by atoms with E-state index in [1.165, 1.54) is 23.9 Å². The lowest BCUT2D eigenvalue weighted by molar-refractivity contribution is -0.122. The molecule has 1 amide bonds. The van der Waals surface area contributed by atoms with Gasteiger partial charge in [0.25, 0.3) is 5.91 Å². The zero-order valence-corrected chi connectivity index (χ0v) is 18.8. The molecule has 0 radical (unpaired) electrons. The number of aromatic carboxylic acids is 1. The SMILES string of the molecule is CCN1C(=O)C(=Cc2ccc(OCc3ccccc3)cc2)SC1=Nc1ccc(C(=O)O)cc1. The molecule has 0 unspecified atom stereocenters. The number of ether oxygens (including phenoxy) is 1. The fourth-order valence-electron chi connectivity index (χ4n) is 3.21. The number of likely N-dealkylation sites (N-methyl/N-ethyl adjacent to an activating group) is 1. The molecule has 7 heteroatoms. The van der Waals surface area contributed by atoms with Crippen molar-refractivity contribution in [1.82, 2.24) is 4.90 Å². The molecule has 3 aromatic carbocycles. The van der Waals surface area contributed by atoms with Gasteiger partial charge in [-0.3, -0.25) is 9.69 Å². The average Bonchev–Trinajstić information content (AvgIpc) is 3.13. The van der Waals surface area contributed by atoms with Crippen LogP contribution in [0, 0.1) is 0 Å². The Morgan fingerprint density at radius 1 is 1.03 bits per heavy atom. The van der Waals surface area contributed by atoms with Crippen LogP contribution in [-0.2, 0) is 11.4 Å². The van der Waals surface area contributed by atoms with Crippen LogP contribution >= 0.6 is 11.8 Å². The second-order valence-electron chi connectivity index (χ2n) is 7.25. The summed E-state index contributed by atoms with van der Waals surface area (Å²) in [5.74, 6) is -0.335. The molecule has 33 heavy (non-hydrogen) atoms. The maximum Gasteiger partial charge on any atom is 0.335 e. The van der Waals surface area contributed by atoms with E-state index < -0.39 is 5.97 Å². The summed E-state index contributed by atoms with van der Waals surface area (Å²) < 4.78 is 5.82. The molecule has 0 atom stereocenters. The molecule has 1 aliphatic heterocycles. The van der Waals surface area contributed by atoms with Crippen molar-refractivity contribution in [1.29, 1.82) is 0 Å². The van der Waals surface area contributed by atoms with Gasteiger partial charge in [-0.2, -0.15) is 0 Å². The third-order valence-electron chi connectivity index (χ3n) is 4.97. The van der Waals surface area contributed by atoms with Gasteiger partial charge in [0.05, 0.1) is 16.2 Å². The number of amidine groups is 1. The van der Waals surface area contributed by atoms with Crippen molar-refractivity contribution in [2.24, 2.45) is 4.99 Å². The summed E-state index contributed by atoms with van der Waals surface area (Å²) in [6.07, 6.45) is 1.84. The minimum Gasteiger partial charge on any atom is -0.489 e. The van der Waals surface area contributed by atoms with Gasteiger partial charge in [0.15, 0.2) is 5.17 Å². The monoisotopic (exact) mass is 458 g/mol. The van der Waals surface area contributed by atoms with E-state index in [2.05, 4.69) is 4.99 Å².